The van der Waals surface area contributed by atoms with Gasteiger partial charge in [-0.05, 0) is 6.07 Å². The van der Waals surface area contributed by atoms with Gasteiger partial charge in [0.05, 0.1) is 22.7 Å². The molecule has 0 fully saturated rings. The van der Waals surface area contributed by atoms with Crippen LogP contribution in [0.3, 0.4) is 0 Å². The van der Waals surface area contributed by atoms with Crippen molar-refractivity contribution in [3.05, 3.63) is 28.5 Å². The summed E-state index contributed by atoms with van der Waals surface area (Å²) in [6, 6.07) is 1.18. The monoisotopic (exact) mass is 215 g/mol. The Morgan fingerprint density at radius 1 is 1.43 bits per heavy atom. The lowest BCUT2D eigenvalue weighted by molar-refractivity contribution is -0.136. The third kappa shape index (κ3) is 2.43. The van der Waals surface area contributed by atoms with Crippen molar-refractivity contribution >= 4 is 23.5 Å². The number of aromatic nitrogens is 1. The van der Waals surface area contributed by atoms with Gasteiger partial charge in [0, 0.05) is 6.20 Å². The molecule has 0 unspecified atom stereocenters. The molecule has 14 heavy (non-hydrogen) atoms. The molecule has 0 amide bonds. The van der Waals surface area contributed by atoms with Crippen molar-refractivity contribution in [2.24, 2.45) is 0 Å². The molecule has 74 valence electrons. The van der Waals surface area contributed by atoms with Crippen LogP contribution in [0.15, 0.2) is 12.3 Å². The highest BCUT2D eigenvalue weighted by Gasteiger charge is 2.14. The highest BCUT2D eigenvalue weighted by atomic mass is 35.5. The Bertz CT molecular complexity index is 391. The molecule has 1 heterocycles. The van der Waals surface area contributed by atoms with E-state index in [4.69, 9.17) is 21.8 Å². The molecular weight excluding hydrogens is 210 g/mol. The molecule has 5 nitrogen and oxygen atoms in total. The zero-order valence-corrected chi connectivity index (χ0v) is 7.65. The van der Waals surface area contributed by atoms with Gasteiger partial charge in [-0.15, -0.1) is 0 Å². The average molecular weight is 216 g/mol. The van der Waals surface area contributed by atoms with Crippen molar-refractivity contribution in [3.8, 4) is 0 Å². The largest absolute Gasteiger partial charge is 0.481 e. The van der Waals surface area contributed by atoms with Gasteiger partial charge in [0.15, 0.2) is 0 Å². The quantitative estimate of drug-likeness (QED) is 0.787. The van der Waals surface area contributed by atoms with Gasteiger partial charge in [0.25, 0.3) is 0 Å². The lowest BCUT2D eigenvalue weighted by Crippen LogP contribution is -2.09. The number of carboxylic acid groups (broad SMARTS) is 2. The van der Waals surface area contributed by atoms with E-state index in [1.807, 2.05) is 0 Å². The molecule has 0 radical (unpaired) electrons. The number of aromatic carboxylic acids is 1. The highest BCUT2D eigenvalue weighted by Crippen LogP contribution is 2.13. The SMILES string of the molecule is O=C(O)Cc1ncc(Cl)cc1C(=O)O. The molecule has 0 aliphatic heterocycles. The maximum Gasteiger partial charge on any atom is 0.337 e. The zero-order valence-electron chi connectivity index (χ0n) is 6.90. The first kappa shape index (κ1) is 10.5. The number of hydrogen-bond donors (Lipinski definition) is 2. The second kappa shape index (κ2) is 4.06. The van der Waals surface area contributed by atoms with Gasteiger partial charge in [0.1, 0.15) is 0 Å². The minimum atomic E-state index is -1.24. The Balaban J connectivity index is 3.14. The van der Waals surface area contributed by atoms with Crippen molar-refractivity contribution in [2.75, 3.05) is 0 Å². The number of hydrogen-bond acceptors (Lipinski definition) is 3. The number of pyridine rings is 1. The Hall–Kier alpha value is -1.62. The normalized spacial score (nSPS) is 9.79. The molecule has 0 atom stereocenters. The summed E-state index contributed by atoms with van der Waals surface area (Å²) in [5, 5.41) is 17.4. The summed E-state index contributed by atoms with van der Waals surface area (Å²) in [6.45, 7) is 0. The summed E-state index contributed by atoms with van der Waals surface area (Å²) in [5.74, 6) is -2.38. The van der Waals surface area contributed by atoms with E-state index in [1.54, 1.807) is 0 Å². The fourth-order valence-corrected chi connectivity index (χ4v) is 1.09. The van der Waals surface area contributed by atoms with Gasteiger partial charge in [-0.25, -0.2) is 4.79 Å². The van der Waals surface area contributed by atoms with Crippen LogP contribution < -0.4 is 0 Å². The summed E-state index contributed by atoms with van der Waals surface area (Å²) >= 11 is 5.52. The molecule has 0 saturated heterocycles. The molecule has 0 saturated carbocycles. The molecule has 0 spiro atoms. The number of rotatable bonds is 3. The molecule has 1 aromatic rings. The molecule has 0 aromatic carbocycles. The van der Waals surface area contributed by atoms with E-state index in [1.165, 1.54) is 12.3 Å². The number of carboxylic acids is 2. The van der Waals surface area contributed by atoms with Crippen molar-refractivity contribution in [2.45, 2.75) is 6.42 Å². The molecule has 1 aromatic heterocycles. The molecule has 1 rings (SSSR count). The Morgan fingerprint density at radius 2 is 2.07 bits per heavy atom. The minimum absolute atomic E-state index is 0.00519. The molecule has 6 heteroatoms. The number of carbonyl (C=O) groups is 2. The predicted octanol–water partition coefficient (Wildman–Crippen LogP) is 1.06. The zero-order chi connectivity index (χ0) is 10.7. The van der Waals surface area contributed by atoms with E-state index < -0.39 is 18.4 Å². The number of nitrogens with zero attached hydrogens (tertiary/aromatic N) is 1. The van der Waals surface area contributed by atoms with Gasteiger partial charge >= 0.3 is 11.9 Å². The van der Waals surface area contributed by atoms with E-state index >= 15 is 0 Å². The smallest absolute Gasteiger partial charge is 0.337 e. The van der Waals surface area contributed by atoms with Crippen LogP contribution in [0.5, 0.6) is 0 Å². The molecule has 0 aliphatic carbocycles. The summed E-state index contributed by atoms with van der Waals surface area (Å²) < 4.78 is 0. The van der Waals surface area contributed by atoms with Gasteiger partial charge in [-0.2, -0.15) is 0 Å². The van der Waals surface area contributed by atoms with Crippen LogP contribution in [0.1, 0.15) is 16.1 Å². The lowest BCUT2D eigenvalue weighted by atomic mass is 10.1. The second-order valence-electron chi connectivity index (χ2n) is 2.52. The van der Waals surface area contributed by atoms with Crippen LogP contribution in [0, 0.1) is 0 Å². The van der Waals surface area contributed by atoms with Crippen LogP contribution in [0.2, 0.25) is 5.02 Å². The summed E-state index contributed by atoms with van der Waals surface area (Å²) in [4.78, 5) is 24.7. The van der Waals surface area contributed by atoms with Crippen LogP contribution in [-0.2, 0) is 11.2 Å². The highest BCUT2D eigenvalue weighted by molar-refractivity contribution is 6.30. The summed E-state index contributed by atoms with van der Waals surface area (Å²) in [6.07, 6.45) is 0.783. The Kier molecular flexibility index (Phi) is 3.03. The lowest BCUT2D eigenvalue weighted by Gasteiger charge is -2.02. The van der Waals surface area contributed by atoms with Gasteiger partial charge in [-0.3, -0.25) is 9.78 Å². The third-order valence-electron chi connectivity index (χ3n) is 1.49. The van der Waals surface area contributed by atoms with Gasteiger partial charge < -0.3 is 10.2 Å². The third-order valence-corrected chi connectivity index (χ3v) is 1.69. The second-order valence-corrected chi connectivity index (χ2v) is 2.96. The Morgan fingerprint density at radius 3 is 2.57 bits per heavy atom. The predicted molar refractivity (Wildman–Crippen MR) is 47.5 cm³/mol. The fraction of sp³-hybridized carbons (Fsp3) is 0.125. The maximum atomic E-state index is 10.7. The van der Waals surface area contributed by atoms with Crippen molar-refractivity contribution < 1.29 is 19.8 Å². The van der Waals surface area contributed by atoms with Crippen molar-refractivity contribution in [1.29, 1.82) is 0 Å². The minimum Gasteiger partial charge on any atom is -0.481 e. The summed E-state index contributed by atoms with van der Waals surface area (Å²) in [5.41, 5.74) is -0.186. The average Bonchev–Trinajstić information content (AvgIpc) is 2.07. The van der Waals surface area contributed by atoms with E-state index in [2.05, 4.69) is 4.98 Å². The van der Waals surface area contributed by atoms with Crippen molar-refractivity contribution in [1.82, 2.24) is 4.98 Å². The number of halogens is 1. The van der Waals surface area contributed by atoms with E-state index in [-0.39, 0.29) is 16.3 Å². The molecular formula is C8H6ClNO4. The first-order valence-electron chi connectivity index (χ1n) is 3.60. The topological polar surface area (TPSA) is 87.5 Å². The van der Waals surface area contributed by atoms with Crippen LogP contribution in [-0.4, -0.2) is 27.1 Å². The van der Waals surface area contributed by atoms with Crippen LogP contribution in [0.25, 0.3) is 0 Å². The number of aliphatic carboxylic acids is 1. The van der Waals surface area contributed by atoms with Crippen molar-refractivity contribution in [3.63, 3.8) is 0 Å². The fourth-order valence-electron chi connectivity index (χ4n) is 0.937. The van der Waals surface area contributed by atoms with Crippen LogP contribution >= 0.6 is 11.6 Å². The standard InChI is InChI=1S/C8H6ClNO4/c9-4-1-5(8(13)14)6(10-3-4)2-7(11)12/h1,3H,2H2,(H,11,12)(H,13,14). The molecule has 0 aliphatic rings. The van der Waals surface area contributed by atoms with E-state index in [9.17, 15) is 9.59 Å². The molecule has 2 N–H and O–H groups in total. The van der Waals surface area contributed by atoms with E-state index in [0.29, 0.717) is 0 Å². The first-order valence-corrected chi connectivity index (χ1v) is 3.98. The van der Waals surface area contributed by atoms with Crippen LogP contribution in [0.4, 0.5) is 0 Å². The first-order chi connectivity index (χ1) is 6.50. The van der Waals surface area contributed by atoms with E-state index in [0.717, 1.165) is 0 Å². The molecule has 0 bridgehead atoms. The van der Waals surface area contributed by atoms with Gasteiger partial charge in [0.2, 0.25) is 0 Å². The summed E-state index contributed by atoms with van der Waals surface area (Å²) in [7, 11) is 0. The Labute approximate surface area is 84.0 Å². The van der Waals surface area contributed by atoms with Gasteiger partial charge in [-0.1, -0.05) is 11.6 Å². The maximum absolute atomic E-state index is 10.7.